The fourth-order valence-corrected chi connectivity index (χ4v) is 1.96. The maximum atomic E-state index is 11.0. The molecule has 0 aliphatic rings. The zero-order chi connectivity index (χ0) is 11.5. The van der Waals surface area contributed by atoms with Gasteiger partial charge in [-0.1, -0.05) is 0 Å². The third kappa shape index (κ3) is 3.60. The van der Waals surface area contributed by atoms with E-state index in [9.17, 15) is 8.42 Å². The summed E-state index contributed by atoms with van der Waals surface area (Å²) in [6.07, 6.45) is 3.00. The van der Waals surface area contributed by atoms with Crippen molar-refractivity contribution in [2.24, 2.45) is 5.73 Å². The summed E-state index contributed by atoms with van der Waals surface area (Å²) in [6.45, 7) is 2.61. The average molecular weight is 232 g/mol. The molecule has 0 radical (unpaired) electrons. The average Bonchev–Trinajstić information content (AvgIpc) is 2.60. The Labute approximate surface area is 89.4 Å². The van der Waals surface area contributed by atoms with Crippen molar-refractivity contribution in [3.05, 3.63) is 12.2 Å². The van der Waals surface area contributed by atoms with Crippen LogP contribution >= 0.6 is 0 Å². The van der Waals surface area contributed by atoms with Crippen LogP contribution in [0, 0.1) is 0 Å². The Hall–Kier alpha value is -0.950. The van der Waals surface area contributed by atoms with Crippen molar-refractivity contribution in [3.63, 3.8) is 0 Å². The van der Waals surface area contributed by atoms with E-state index in [-0.39, 0.29) is 11.8 Å². The lowest BCUT2D eigenvalue weighted by atomic mass is 10.2. The zero-order valence-electron chi connectivity index (χ0n) is 8.92. The van der Waals surface area contributed by atoms with E-state index in [1.165, 1.54) is 12.6 Å². The summed E-state index contributed by atoms with van der Waals surface area (Å²) < 4.78 is 23.6. The van der Waals surface area contributed by atoms with Gasteiger partial charge >= 0.3 is 0 Å². The van der Waals surface area contributed by atoms with Gasteiger partial charge in [0, 0.05) is 12.8 Å². The van der Waals surface area contributed by atoms with E-state index in [0.29, 0.717) is 18.8 Å². The Morgan fingerprint density at radius 2 is 2.27 bits per heavy atom. The summed E-state index contributed by atoms with van der Waals surface area (Å²) in [5, 5.41) is 3.98. The van der Waals surface area contributed by atoms with Crippen molar-refractivity contribution < 1.29 is 8.42 Å². The molecule has 6 nitrogen and oxygen atoms in total. The van der Waals surface area contributed by atoms with Gasteiger partial charge in [-0.15, -0.1) is 0 Å². The number of aromatic nitrogens is 3. The minimum atomic E-state index is -2.97. The fourth-order valence-electron chi connectivity index (χ4n) is 1.27. The van der Waals surface area contributed by atoms with Crippen LogP contribution in [-0.2, 0) is 16.4 Å². The molecule has 0 aromatic carbocycles. The summed E-state index contributed by atoms with van der Waals surface area (Å²) in [4.78, 5) is 4.02. The molecule has 0 saturated carbocycles. The highest BCUT2D eigenvalue weighted by atomic mass is 32.2. The van der Waals surface area contributed by atoms with Gasteiger partial charge in [0.1, 0.15) is 22.0 Å². The highest BCUT2D eigenvalue weighted by Crippen LogP contribution is 2.11. The molecule has 0 aliphatic carbocycles. The van der Waals surface area contributed by atoms with Gasteiger partial charge in [0.2, 0.25) is 0 Å². The number of rotatable bonds is 5. The van der Waals surface area contributed by atoms with E-state index in [1.807, 2.05) is 6.92 Å². The van der Waals surface area contributed by atoms with Crippen molar-refractivity contribution in [1.29, 1.82) is 0 Å². The number of nitrogens with two attached hydrogens (primary N) is 1. The molecule has 1 aromatic rings. The van der Waals surface area contributed by atoms with Gasteiger partial charge in [-0.3, -0.25) is 0 Å². The van der Waals surface area contributed by atoms with E-state index < -0.39 is 9.84 Å². The number of hydrogen-bond donors (Lipinski definition) is 1. The minimum Gasteiger partial charge on any atom is -0.321 e. The standard InChI is InChI=1S/C8H16N4O2S/c1-3-12-8(10-6-11-12)7(9)4-5-15(2,13)14/h6-7H,3-5,9H2,1-2H3. The van der Waals surface area contributed by atoms with Crippen LogP contribution in [0.25, 0.3) is 0 Å². The molecule has 0 bridgehead atoms. The topological polar surface area (TPSA) is 90.9 Å². The third-order valence-corrected chi connectivity index (χ3v) is 3.05. The molecule has 1 rings (SSSR count). The molecule has 2 N–H and O–H groups in total. The second-order valence-electron chi connectivity index (χ2n) is 3.46. The quantitative estimate of drug-likeness (QED) is 0.754. The van der Waals surface area contributed by atoms with Crippen molar-refractivity contribution in [2.45, 2.75) is 25.9 Å². The normalized spacial score (nSPS) is 14.1. The zero-order valence-corrected chi connectivity index (χ0v) is 9.74. The van der Waals surface area contributed by atoms with Crippen LogP contribution in [0.15, 0.2) is 6.33 Å². The van der Waals surface area contributed by atoms with E-state index in [1.54, 1.807) is 4.68 Å². The number of hydrogen-bond acceptors (Lipinski definition) is 5. The van der Waals surface area contributed by atoms with Crippen molar-refractivity contribution in [1.82, 2.24) is 14.8 Å². The van der Waals surface area contributed by atoms with Crippen molar-refractivity contribution in [2.75, 3.05) is 12.0 Å². The van der Waals surface area contributed by atoms with Crippen molar-refractivity contribution in [3.8, 4) is 0 Å². The predicted octanol–water partition coefficient (Wildman–Crippen LogP) is -0.267. The predicted molar refractivity (Wildman–Crippen MR) is 57.0 cm³/mol. The molecule has 0 amide bonds. The first-order valence-corrected chi connectivity index (χ1v) is 6.81. The third-order valence-electron chi connectivity index (χ3n) is 2.08. The van der Waals surface area contributed by atoms with E-state index in [2.05, 4.69) is 10.1 Å². The Morgan fingerprint density at radius 1 is 1.60 bits per heavy atom. The van der Waals surface area contributed by atoms with Gasteiger partial charge < -0.3 is 5.73 Å². The maximum Gasteiger partial charge on any atom is 0.147 e. The van der Waals surface area contributed by atoms with Gasteiger partial charge in [-0.05, 0) is 13.3 Å². The Kier molecular flexibility index (Phi) is 3.81. The lowest BCUT2D eigenvalue weighted by Crippen LogP contribution is -2.20. The molecule has 1 atom stereocenters. The first-order chi connectivity index (χ1) is 6.94. The van der Waals surface area contributed by atoms with Crippen LogP contribution in [0.5, 0.6) is 0 Å². The summed E-state index contributed by atoms with van der Waals surface area (Å²) in [6, 6.07) is -0.373. The van der Waals surface area contributed by atoms with E-state index in [4.69, 9.17) is 5.73 Å². The van der Waals surface area contributed by atoms with Crippen LogP contribution in [-0.4, -0.2) is 35.2 Å². The van der Waals surface area contributed by atoms with Crippen LogP contribution in [0.1, 0.15) is 25.2 Å². The summed E-state index contributed by atoms with van der Waals surface area (Å²) >= 11 is 0. The highest BCUT2D eigenvalue weighted by Gasteiger charge is 2.15. The number of aryl methyl sites for hydroxylation is 1. The van der Waals surface area contributed by atoms with Crippen LogP contribution in [0.4, 0.5) is 0 Å². The second kappa shape index (κ2) is 4.71. The van der Waals surface area contributed by atoms with Crippen LogP contribution < -0.4 is 5.73 Å². The largest absolute Gasteiger partial charge is 0.321 e. The molecule has 1 aromatic heterocycles. The maximum absolute atomic E-state index is 11.0. The van der Waals surface area contributed by atoms with Gasteiger partial charge in [-0.2, -0.15) is 5.10 Å². The number of sulfone groups is 1. The SMILES string of the molecule is CCn1ncnc1C(N)CCS(C)(=O)=O. The molecule has 1 heterocycles. The van der Waals surface area contributed by atoms with E-state index >= 15 is 0 Å². The van der Waals surface area contributed by atoms with Crippen LogP contribution in [0.3, 0.4) is 0 Å². The first kappa shape index (κ1) is 12.1. The van der Waals surface area contributed by atoms with Crippen LogP contribution in [0.2, 0.25) is 0 Å². The molecule has 0 saturated heterocycles. The molecular formula is C8H16N4O2S. The lowest BCUT2D eigenvalue weighted by Gasteiger charge is -2.10. The van der Waals surface area contributed by atoms with Gasteiger partial charge in [-0.25, -0.2) is 18.1 Å². The van der Waals surface area contributed by atoms with Gasteiger partial charge in [0.15, 0.2) is 0 Å². The van der Waals surface area contributed by atoms with E-state index in [0.717, 1.165) is 0 Å². The summed E-state index contributed by atoms with van der Waals surface area (Å²) in [7, 11) is -2.97. The fraction of sp³-hybridized carbons (Fsp3) is 0.750. The smallest absolute Gasteiger partial charge is 0.147 e. The first-order valence-electron chi connectivity index (χ1n) is 4.75. The molecule has 15 heavy (non-hydrogen) atoms. The summed E-state index contributed by atoms with van der Waals surface area (Å²) in [5.41, 5.74) is 5.84. The lowest BCUT2D eigenvalue weighted by molar-refractivity contribution is 0.543. The Balaban J connectivity index is 2.65. The molecule has 0 aliphatic heterocycles. The molecule has 86 valence electrons. The molecule has 0 fully saturated rings. The molecule has 0 spiro atoms. The molecule has 7 heteroatoms. The van der Waals surface area contributed by atoms with Gasteiger partial charge in [0.05, 0.1) is 11.8 Å². The number of nitrogens with zero attached hydrogens (tertiary/aromatic N) is 3. The second-order valence-corrected chi connectivity index (χ2v) is 5.72. The molecule has 1 unspecified atom stereocenters. The highest BCUT2D eigenvalue weighted by molar-refractivity contribution is 7.90. The Morgan fingerprint density at radius 3 is 2.80 bits per heavy atom. The monoisotopic (exact) mass is 232 g/mol. The minimum absolute atomic E-state index is 0.0741. The van der Waals surface area contributed by atoms with Gasteiger partial charge in [0.25, 0.3) is 0 Å². The Bertz CT molecular complexity index is 412. The summed E-state index contributed by atoms with van der Waals surface area (Å²) in [5.74, 6) is 0.714. The van der Waals surface area contributed by atoms with Crippen molar-refractivity contribution >= 4 is 9.84 Å². The molecular weight excluding hydrogens is 216 g/mol.